The maximum atomic E-state index is 9.16. The molecule has 0 amide bonds. The number of aryl methyl sites for hydroxylation is 1. The van der Waals surface area contributed by atoms with E-state index in [1.807, 2.05) is 23.7 Å². The molecule has 1 aromatic heterocycles. The van der Waals surface area contributed by atoms with Crippen molar-refractivity contribution in [2.75, 3.05) is 6.61 Å². The number of aliphatic hydroxyl groups is 1. The van der Waals surface area contributed by atoms with Crippen LogP contribution in [-0.2, 0) is 18.6 Å². The van der Waals surface area contributed by atoms with Gasteiger partial charge in [0.05, 0.1) is 18.8 Å². The monoisotopic (exact) mass is 349 g/mol. The summed E-state index contributed by atoms with van der Waals surface area (Å²) in [5.74, 6) is 0. The fourth-order valence-electron chi connectivity index (χ4n) is 3.34. The summed E-state index contributed by atoms with van der Waals surface area (Å²) in [7, 11) is 0. The van der Waals surface area contributed by atoms with Crippen LogP contribution < -0.4 is 5.32 Å². The molecule has 0 fully saturated rings. The molecule has 24 heavy (non-hydrogen) atoms. The molecule has 2 aromatic rings. The summed E-state index contributed by atoms with van der Waals surface area (Å²) >= 11 is 6.04. The molecule has 0 aliphatic carbocycles. The summed E-state index contributed by atoms with van der Waals surface area (Å²) in [6, 6.07) is 8.12. The highest BCUT2D eigenvalue weighted by Gasteiger charge is 2.28. The molecule has 1 heterocycles. The maximum Gasteiger partial charge on any atom is 0.0644 e. The number of aliphatic hydroxyl groups excluding tert-OH is 1. The first-order chi connectivity index (χ1) is 11.5. The fraction of sp³-hybridized carbons (Fsp3) is 0.526. The van der Waals surface area contributed by atoms with E-state index in [1.165, 1.54) is 11.1 Å². The fourth-order valence-corrected chi connectivity index (χ4v) is 3.47. The van der Waals surface area contributed by atoms with E-state index < -0.39 is 0 Å². The molecule has 5 heteroatoms. The van der Waals surface area contributed by atoms with Crippen LogP contribution in [0.25, 0.3) is 0 Å². The lowest BCUT2D eigenvalue weighted by Crippen LogP contribution is -2.41. The summed E-state index contributed by atoms with van der Waals surface area (Å²) in [4.78, 5) is 0. The number of hydrogen-bond donors (Lipinski definition) is 2. The highest BCUT2D eigenvalue weighted by atomic mass is 35.5. The van der Waals surface area contributed by atoms with Crippen molar-refractivity contribution in [1.82, 2.24) is 15.1 Å². The average molecular weight is 350 g/mol. The third-order valence-corrected chi connectivity index (χ3v) is 5.30. The third-order valence-electron chi connectivity index (χ3n) is 5.05. The van der Waals surface area contributed by atoms with Gasteiger partial charge in [-0.15, -0.1) is 0 Å². The molecule has 0 atom stereocenters. The smallest absolute Gasteiger partial charge is 0.0644 e. The van der Waals surface area contributed by atoms with Crippen molar-refractivity contribution in [1.29, 1.82) is 0 Å². The lowest BCUT2D eigenvalue weighted by Gasteiger charge is -2.34. The molecule has 2 N–H and O–H groups in total. The van der Waals surface area contributed by atoms with Gasteiger partial charge in [0.1, 0.15) is 0 Å². The molecule has 132 valence electrons. The molecule has 0 radical (unpaired) electrons. The lowest BCUT2D eigenvalue weighted by molar-refractivity contribution is 0.267. The molecule has 2 rings (SSSR count). The number of benzene rings is 1. The molecular weight excluding hydrogens is 322 g/mol. The molecule has 0 saturated heterocycles. The Morgan fingerprint density at radius 1 is 1.17 bits per heavy atom. The number of nitrogens with zero attached hydrogens (tertiary/aromatic N) is 2. The maximum absolute atomic E-state index is 9.16. The molecule has 0 saturated carbocycles. The first-order valence-corrected chi connectivity index (χ1v) is 9.00. The van der Waals surface area contributed by atoms with E-state index in [-0.39, 0.29) is 12.1 Å². The second-order valence-corrected chi connectivity index (χ2v) is 6.68. The lowest BCUT2D eigenvalue weighted by atomic mass is 9.84. The Labute approximate surface area is 149 Å². The molecule has 0 spiro atoms. The van der Waals surface area contributed by atoms with Crippen molar-refractivity contribution >= 4 is 11.6 Å². The van der Waals surface area contributed by atoms with Gasteiger partial charge < -0.3 is 10.4 Å². The van der Waals surface area contributed by atoms with Gasteiger partial charge in [0.2, 0.25) is 0 Å². The van der Waals surface area contributed by atoms with Crippen molar-refractivity contribution in [2.24, 2.45) is 0 Å². The van der Waals surface area contributed by atoms with Gasteiger partial charge in [0, 0.05) is 28.4 Å². The number of hydrogen-bond acceptors (Lipinski definition) is 3. The second-order valence-electron chi connectivity index (χ2n) is 6.25. The summed E-state index contributed by atoms with van der Waals surface area (Å²) in [5, 5.41) is 18.2. The van der Waals surface area contributed by atoms with Crippen LogP contribution in [0.1, 0.15) is 49.2 Å². The number of halogens is 1. The minimum atomic E-state index is -0.0808. The molecule has 4 nitrogen and oxygen atoms in total. The Kier molecular flexibility index (Phi) is 6.44. The van der Waals surface area contributed by atoms with Crippen LogP contribution in [0.3, 0.4) is 0 Å². The Hall–Kier alpha value is -1.36. The normalized spacial score (nSPS) is 11.9. The highest BCUT2D eigenvalue weighted by Crippen LogP contribution is 2.30. The van der Waals surface area contributed by atoms with Crippen LogP contribution in [0.2, 0.25) is 5.02 Å². The van der Waals surface area contributed by atoms with E-state index in [1.54, 1.807) is 0 Å². The number of nitrogens with one attached hydrogen (secondary N) is 1. The molecular formula is C19H28ClN3O. The first kappa shape index (κ1) is 19.0. The standard InChI is InChI=1S/C19H28ClN3O/c1-5-19(6-2,16-7-9-17(20)10-8-16)21-13-18-14(3)22-23(11-12-24)15(18)4/h7-10,21,24H,5-6,11-13H2,1-4H3. The van der Waals surface area contributed by atoms with Crippen LogP contribution in [0.4, 0.5) is 0 Å². The van der Waals surface area contributed by atoms with Gasteiger partial charge in [-0.05, 0) is 44.4 Å². The predicted molar refractivity (Wildman–Crippen MR) is 99.3 cm³/mol. The SMILES string of the molecule is CCC(CC)(NCc1c(C)nn(CCO)c1C)c1ccc(Cl)cc1. The molecule has 0 bridgehead atoms. The van der Waals surface area contributed by atoms with Crippen molar-refractivity contribution in [2.45, 2.75) is 59.2 Å². The quantitative estimate of drug-likeness (QED) is 0.758. The van der Waals surface area contributed by atoms with Crippen LogP contribution in [0.15, 0.2) is 24.3 Å². The topological polar surface area (TPSA) is 50.1 Å². The Morgan fingerprint density at radius 3 is 2.33 bits per heavy atom. The Bertz CT molecular complexity index is 660. The van der Waals surface area contributed by atoms with Gasteiger partial charge in [-0.2, -0.15) is 5.10 Å². The zero-order valence-electron chi connectivity index (χ0n) is 15.1. The number of aromatic nitrogens is 2. The molecule has 0 aliphatic rings. The van der Waals surface area contributed by atoms with E-state index in [2.05, 4.69) is 43.3 Å². The van der Waals surface area contributed by atoms with E-state index in [9.17, 15) is 0 Å². The first-order valence-electron chi connectivity index (χ1n) is 8.62. The summed E-state index contributed by atoms with van der Waals surface area (Å²) in [5.41, 5.74) is 4.53. The zero-order valence-corrected chi connectivity index (χ0v) is 15.8. The van der Waals surface area contributed by atoms with Crippen molar-refractivity contribution in [3.63, 3.8) is 0 Å². The van der Waals surface area contributed by atoms with Crippen LogP contribution in [0.5, 0.6) is 0 Å². The van der Waals surface area contributed by atoms with Crippen molar-refractivity contribution < 1.29 is 5.11 Å². The average Bonchev–Trinajstić information content (AvgIpc) is 2.85. The summed E-state index contributed by atoms with van der Waals surface area (Å²) in [6.07, 6.45) is 1.99. The zero-order chi connectivity index (χ0) is 17.7. The van der Waals surface area contributed by atoms with Gasteiger partial charge in [-0.1, -0.05) is 37.6 Å². The van der Waals surface area contributed by atoms with Crippen LogP contribution in [0, 0.1) is 13.8 Å². The molecule has 0 unspecified atom stereocenters. The summed E-state index contributed by atoms with van der Waals surface area (Å²) < 4.78 is 1.88. The summed E-state index contributed by atoms with van der Waals surface area (Å²) in [6.45, 7) is 9.91. The van der Waals surface area contributed by atoms with Crippen LogP contribution >= 0.6 is 11.6 Å². The van der Waals surface area contributed by atoms with Crippen molar-refractivity contribution in [3.8, 4) is 0 Å². The van der Waals surface area contributed by atoms with E-state index in [0.717, 1.165) is 35.8 Å². The van der Waals surface area contributed by atoms with Gasteiger partial charge in [-0.25, -0.2) is 0 Å². The van der Waals surface area contributed by atoms with Gasteiger partial charge >= 0.3 is 0 Å². The van der Waals surface area contributed by atoms with E-state index in [4.69, 9.17) is 16.7 Å². The molecule has 0 aliphatic heterocycles. The van der Waals surface area contributed by atoms with E-state index >= 15 is 0 Å². The van der Waals surface area contributed by atoms with Gasteiger partial charge in [-0.3, -0.25) is 4.68 Å². The third kappa shape index (κ3) is 3.82. The largest absolute Gasteiger partial charge is 0.394 e. The van der Waals surface area contributed by atoms with Crippen LogP contribution in [-0.4, -0.2) is 21.5 Å². The highest BCUT2D eigenvalue weighted by molar-refractivity contribution is 6.30. The molecule has 1 aromatic carbocycles. The Morgan fingerprint density at radius 2 is 1.79 bits per heavy atom. The van der Waals surface area contributed by atoms with Gasteiger partial charge in [0.25, 0.3) is 0 Å². The van der Waals surface area contributed by atoms with Gasteiger partial charge in [0.15, 0.2) is 0 Å². The van der Waals surface area contributed by atoms with E-state index in [0.29, 0.717) is 6.54 Å². The predicted octanol–water partition coefficient (Wildman–Crippen LogP) is 3.95. The second kappa shape index (κ2) is 8.15. The van der Waals surface area contributed by atoms with Crippen molar-refractivity contribution in [3.05, 3.63) is 51.8 Å². The number of rotatable bonds is 8. The Balaban J connectivity index is 2.25. The minimum absolute atomic E-state index is 0.0808. The minimum Gasteiger partial charge on any atom is -0.394 e.